The minimum Gasteiger partial charge on any atom is -0.494 e. The number of piperidine rings is 1. The first-order valence-corrected chi connectivity index (χ1v) is 12.5. The Morgan fingerprint density at radius 3 is 2.56 bits per heavy atom. The zero-order valence-electron chi connectivity index (χ0n) is 19.4. The molecule has 0 bridgehead atoms. The molecule has 7 heteroatoms. The summed E-state index contributed by atoms with van der Waals surface area (Å²) < 4.78 is 8.54. The Hall–Kier alpha value is -2.22. The molecule has 0 spiro atoms. The minimum atomic E-state index is -0.00209. The Balaban J connectivity index is 1.34. The Morgan fingerprint density at radius 2 is 1.88 bits per heavy atom. The molecule has 1 fully saturated rings. The molecule has 0 N–H and O–H groups in total. The van der Waals surface area contributed by atoms with Crippen molar-refractivity contribution in [2.45, 2.75) is 45.2 Å². The maximum Gasteiger partial charge on any atom is 0.275 e. The van der Waals surface area contributed by atoms with Gasteiger partial charge in [0.1, 0.15) is 11.4 Å². The molecule has 1 aliphatic rings. The van der Waals surface area contributed by atoms with E-state index in [1.54, 1.807) is 16.0 Å². The van der Waals surface area contributed by atoms with E-state index < -0.39 is 0 Å². The van der Waals surface area contributed by atoms with Crippen LogP contribution in [0.15, 0.2) is 40.5 Å². The van der Waals surface area contributed by atoms with Crippen LogP contribution in [0, 0.1) is 0 Å². The number of rotatable bonds is 9. The smallest absolute Gasteiger partial charge is 0.275 e. The molecular weight excluding hydrogens is 420 g/mol. The third-order valence-electron chi connectivity index (χ3n) is 6.30. The summed E-state index contributed by atoms with van der Waals surface area (Å²) in [6.07, 6.45) is 4.43. The summed E-state index contributed by atoms with van der Waals surface area (Å²) in [4.78, 5) is 17.5. The van der Waals surface area contributed by atoms with Crippen LogP contribution in [0.1, 0.15) is 32.6 Å². The summed E-state index contributed by atoms with van der Waals surface area (Å²) in [5, 5.41) is 7.39. The number of ether oxygens (including phenoxy) is 1. The number of thiophene rings is 1. The highest BCUT2D eigenvalue weighted by molar-refractivity contribution is 7.17. The molecule has 1 aliphatic heterocycles. The monoisotopic (exact) mass is 454 g/mol. The fraction of sp³-hybridized carbons (Fsp3) is 0.520. The van der Waals surface area contributed by atoms with Crippen molar-refractivity contribution in [1.82, 2.24) is 19.6 Å². The number of benzene rings is 1. The van der Waals surface area contributed by atoms with Gasteiger partial charge in [-0.3, -0.25) is 4.79 Å². The largest absolute Gasteiger partial charge is 0.494 e. The summed E-state index contributed by atoms with van der Waals surface area (Å²) in [5.41, 5.74) is 1.88. The van der Waals surface area contributed by atoms with Crippen LogP contribution in [-0.2, 0) is 6.54 Å². The SMILES string of the molecule is CCCn1nc(-c2ccc(OCCCN3CCC(N(C)C)CC3)cc2)c2sccc2c1=O. The molecule has 1 aromatic carbocycles. The molecule has 0 radical (unpaired) electrons. The molecule has 0 atom stereocenters. The predicted molar refractivity (Wildman–Crippen MR) is 133 cm³/mol. The zero-order valence-corrected chi connectivity index (χ0v) is 20.2. The molecule has 172 valence electrons. The number of aromatic nitrogens is 2. The maximum absolute atomic E-state index is 12.6. The molecule has 3 aromatic rings. The van der Waals surface area contributed by atoms with Crippen LogP contribution in [-0.4, -0.2) is 66.0 Å². The van der Waals surface area contributed by atoms with Gasteiger partial charge in [-0.2, -0.15) is 5.10 Å². The summed E-state index contributed by atoms with van der Waals surface area (Å²) >= 11 is 1.57. The molecule has 6 nitrogen and oxygen atoms in total. The Labute approximate surface area is 194 Å². The summed E-state index contributed by atoms with van der Waals surface area (Å²) in [5.74, 6) is 0.879. The van der Waals surface area contributed by atoms with Gasteiger partial charge in [-0.25, -0.2) is 4.68 Å². The van der Waals surface area contributed by atoms with Crippen LogP contribution in [0.2, 0.25) is 0 Å². The highest BCUT2D eigenvalue weighted by Crippen LogP contribution is 2.30. The quantitative estimate of drug-likeness (QED) is 0.451. The van der Waals surface area contributed by atoms with Crippen LogP contribution in [0.5, 0.6) is 5.75 Å². The fourth-order valence-electron chi connectivity index (χ4n) is 4.41. The topological polar surface area (TPSA) is 50.6 Å². The summed E-state index contributed by atoms with van der Waals surface area (Å²) in [6.45, 7) is 6.87. The Kier molecular flexibility index (Phi) is 7.60. The second-order valence-electron chi connectivity index (χ2n) is 8.80. The van der Waals surface area contributed by atoms with Crippen molar-refractivity contribution in [3.05, 3.63) is 46.1 Å². The minimum absolute atomic E-state index is 0.00209. The van der Waals surface area contributed by atoms with E-state index in [0.717, 1.165) is 59.1 Å². The highest BCUT2D eigenvalue weighted by atomic mass is 32.1. The average molecular weight is 455 g/mol. The van der Waals surface area contributed by atoms with Crippen molar-refractivity contribution in [2.24, 2.45) is 0 Å². The van der Waals surface area contributed by atoms with Gasteiger partial charge in [0.05, 0.1) is 16.7 Å². The van der Waals surface area contributed by atoms with Gasteiger partial charge in [0.2, 0.25) is 0 Å². The number of aryl methyl sites for hydroxylation is 1. The van der Waals surface area contributed by atoms with Gasteiger partial charge in [-0.15, -0.1) is 11.3 Å². The second kappa shape index (κ2) is 10.6. The predicted octanol–water partition coefficient (Wildman–Crippen LogP) is 4.33. The molecule has 0 amide bonds. The maximum atomic E-state index is 12.6. The van der Waals surface area contributed by atoms with E-state index in [2.05, 4.69) is 35.9 Å². The van der Waals surface area contributed by atoms with E-state index >= 15 is 0 Å². The van der Waals surface area contributed by atoms with Crippen molar-refractivity contribution in [3.63, 3.8) is 0 Å². The second-order valence-corrected chi connectivity index (χ2v) is 9.72. The van der Waals surface area contributed by atoms with Gasteiger partial charge in [0.15, 0.2) is 0 Å². The van der Waals surface area contributed by atoms with E-state index in [-0.39, 0.29) is 5.56 Å². The molecular formula is C25H34N4O2S. The lowest BCUT2D eigenvalue weighted by atomic mass is 10.0. The van der Waals surface area contributed by atoms with Crippen molar-refractivity contribution < 1.29 is 4.74 Å². The molecule has 0 unspecified atom stereocenters. The normalized spacial score (nSPS) is 15.6. The summed E-state index contributed by atoms with van der Waals surface area (Å²) in [6, 6.07) is 10.7. The van der Waals surface area contributed by atoms with Gasteiger partial charge in [-0.1, -0.05) is 6.92 Å². The third kappa shape index (κ3) is 5.22. The molecule has 0 aliphatic carbocycles. The van der Waals surface area contributed by atoms with Crippen LogP contribution >= 0.6 is 11.3 Å². The van der Waals surface area contributed by atoms with E-state index in [9.17, 15) is 4.79 Å². The average Bonchev–Trinajstić information content (AvgIpc) is 3.30. The molecule has 4 rings (SSSR count). The van der Waals surface area contributed by atoms with Crippen LogP contribution < -0.4 is 10.3 Å². The van der Waals surface area contributed by atoms with Crippen molar-refractivity contribution in [1.29, 1.82) is 0 Å². The van der Waals surface area contributed by atoms with Gasteiger partial charge < -0.3 is 14.5 Å². The fourth-order valence-corrected chi connectivity index (χ4v) is 5.30. The molecule has 1 saturated heterocycles. The Bertz CT molecular complexity index is 1070. The summed E-state index contributed by atoms with van der Waals surface area (Å²) in [7, 11) is 4.36. The van der Waals surface area contributed by atoms with E-state index in [1.165, 1.54) is 25.9 Å². The van der Waals surface area contributed by atoms with Crippen LogP contribution in [0.25, 0.3) is 21.3 Å². The van der Waals surface area contributed by atoms with Crippen LogP contribution in [0.3, 0.4) is 0 Å². The van der Waals surface area contributed by atoms with Gasteiger partial charge in [0, 0.05) is 24.7 Å². The van der Waals surface area contributed by atoms with Crippen molar-refractivity contribution in [2.75, 3.05) is 40.3 Å². The first-order chi connectivity index (χ1) is 15.6. The third-order valence-corrected chi connectivity index (χ3v) is 7.22. The molecule has 2 aromatic heterocycles. The number of hydrogen-bond acceptors (Lipinski definition) is 6. The van der Waals surface area contributed by atoms with Gasteiger partial charge >= 0.3 is 0 Å². The first-order valence-electron chi connectivity index (χ1n) is 11.7. The van der Waals surface area contributed by atoms with E-state index in [1.807, 2.05) is 35.7 Å². The number of nitrogens with zero attached hydrogens (tertiary/aromatic N) is 4. The standard InChI is InChI=1S/C25H34N4O2S/c1-4-13-29-25(30)22-12-18-32-24(22)23(26-29)19-6-8-21(9-7-19)31-17-5-14-28-15-10-20(11-16-28)27(2)3/h6-9,12,18,20H,4-5,10-11,13-17H2,1-3H3. The van der Waals surface area contributed by atoms with Crippen molar-refractivity contribution >= 4 is 21.4 Å². The van der Waals surface area contributed by atoms with Gasteiger partial charge in [0.25, 0.3) is 5.56 Å². The van der Waals surface area contributed by atoms with Crippen LogP contribution in [0.4, 0.5) is 0 Å². The Morgan fingerprint density at radius 1 is 1.12 bits per heavy atom. The lowest BCUT2D eigenvalue weighted by Gasteiger charge is -2.35. The lowest BCUT2D eigenvalue weighted by Crippen LogP contribution is -2.42. The van der Waals surface area contributed by atoms with E-state index in [4.69, 9.17) is 4.74 Å². The zero-order chi connectivity index (χ0) is 22.5. The molecule has 3 heterocycles. The first kappa shape index (κ1) is 23.0. The molecule has 0 saturated carbocycles. The lowest BCUT2D eigenvalue weighted by molar-refractivity contribution is 0.138. The number of likely N-dealkylation sites (tertiary alicyclic amines) is 1. The molecule has 32 heavy (non-hydrogen) atoms. The number of fused-ring (bicyclic) bond motifs is 1. The van der Waals surface area contributed by atoms with E-state index in [0.29, 0.717) is 6.54 Å². The number of hydrogen-bond donors (Lipinski definition) is 0. The van der Waals surface area contributed by atoms with Crippen molar-refractivity contribution in [3.8, 4) is 17.0 Å². The highest BCUT2D eigenvalue weighted by Gasteiger charge is 2.20. The van der Waals surface area contributed by atoms with Gasteiger partial charge in [-0.05, 0) is 88.6 Å².